The first-order chi connectivity index (χ1) is 38.4. The van der Waals surface area contributed by atoms with Crippen molar-refractivity contribution in [1.29, 1.82) is 0 Å². The number of para-hydroxylation sites is 2. The second-order valence-electron chi connectivity index (χ2n) is 20.3. The third-order valence-corrected chi connectivity index (χ3v) is 14.2. The molecule has 4 aromatic heterocycles. The number of Topliss-reactive ketones (excluding diaryl/α,β-unsaturated/α-hetero) is 2. The summed E-state index contributed by atoms with van der Waals surface area (Å²) >= 11 is 0. The summed E-state index contributed by atoms with van der Waals surface area (Å²) in [6.45, 7) is 6.92. The minimum Gasteiger partial charge on any atom is -0.480 e. The number of aromatic amines is 2. The number of rotatable bonds is 27. The fourth-order valence-corrected chi connectivity index (χ4v) is 9.38. The molecule has 0 aliphatic carbocycles. The molecule has 430 valence electrons. The van der Waals surface area contributed by atoms with Crippen molar-refractivity contribution < 1.29 is 58.7 Å². The van der Waals surface area contributed by atoms with E-state index in [2.05, 4.69) is 50.3 Å². The highest BCUT2D eigenvalue weighted by atomic mass is 16.5. The molecule has 2 fully saturated rings. The molecule has 2 saturated heterocycles. The van der Waals surface area contributed by atoms with Crippen molar-refractivity contribution in [2.45, 2.75) is 115 Å². The Balaban J connectivity index is 0.000000221. The molecule has 8 rings (SSSR count). The first-order valence-electron chi connectivity index (χ1n) is 27.2. The number of imidazole rings is 2. The number of benzene rings is 2. The Kier molecular flexibility index (Phi) is 23.1. The number of aliphatic hydroxyl groups excluding tert-OH is 2. The fourth-order valence-electron chi connectivity index (χ4n) is 9.38. The normalized spacial score (nSPS) is 15.2. The Morgan fingerprint density at radius 2 is 0.975 bits per heavy atom. The molecule has 2 amide bonds. The van der Waals surface area contributed by atoms with Gasteiger partial charge >= 0.3 is 11.9 Å². The number of carbonyl (C=O) groups excluding carboxylic acids is 4. The largest absolute Gasteiger partial charge is 0.480 e. The minimum atomic E-state index is -2.27. The summed E-state index contributed by atoms with van der Waals surface area (Å²) in [6, 6.07) is 19.5. The molecule has 2 unspecified atom stereocenters. The Morgan fingerprint density at radius 3 is 1.31 bits per heavy atom. The highest BCUT2D eigenvalue weighted by Crippen LogP contribution is 2.34. The van der Waals surface area contributed by atoms with Gasteiger partial charge in [0, 0.05) is 62.6 Å². The molecular weight excluding hydrogens is 1030 g/mol. The molecule has 0 saturated carbocycles. The van der Waals surface area contributed by atoms with Crippen LogP contribution >= 0.6 is 0 Å². The Bertz CT molecular complexity index is 2840. The van der Waals surface area contributed by atoms with Crippen LogP contribution in [-0.4, -0.2) is 162 Å². The van der Waals surface area contributed by atoms with Crippen LogP contribution in [0.15, 0.2) is 73.1 Å². The van der Waals surface area contributed by atoms with E-state index in [1.165, 1.54) is 0 Å². The fraction of sp³-hybridized carbons (Fsp3) is 0.483. The van der Waals surface area contributed by atoms with E-state index in [1.807, 2.05) is 88.6 Å². The van der Waals surface area contributed by atoms with E-state index in [9.17, 15) is 28.8 Å². The average molecular weight is 1110 g/mol. The maximum absolute atomic E-state index is 12.8. The van der Waals surface area contributed by atoms with E-state index in [-0.39, 0.29) is 35.7 Å². The van der Waals surface area contributed by atoms with E-state index in [0.717, 1.165) is 134 Å². The lowest BCUT2D eigenvalue weighted by atomic mass is 9.98. The van der Waals surface area contributed by atoms with Crippen LogP contribution in [0.5, 0.6) is 11.8 Å². The van der Waals surface area contributed by atoms with Crippen LogP contribution in [-0.2, 0) is 28.8 Å². The van der Waals surface area contributed by atoms with Crippen LogP contribution in [0.25, 0.3) is 44.3 Å². The molecule has 8 N–H and O–H groups in total. The Morgan fingerprint density at radius 1 is 0.600 bits per heavy atom. The second-order valence-corrected chi connectivity index (χ2v) is 20.3. The predicted molar refractivity (Wildman–Crippen MR) is 300 cm³/mol. The standard InChI is InChI=1S/2C27H35N5O3.C4H6O6/c2*1-4-20(33)11-6-5-7-13-23(30-26(34)19-16-32(2)17-19)25-28-15-24(29-25)21-14-18-10-8-9-12-22(18)31-27(21)35-3;5-1(3(7)8)2(6)4(9)10/h2*8-10,12,14-15,19,23H,4-7,11,13,16-17H2,1-3H3,(H,28,29)(H,30,34);1-2,5-6H,(H,7,8)(H,9,10)/t2*23-;/m00./s1. The van der Waals surface area contributed by atoms with Crippen LogP contribution in [0.1, 0.15) is 115 Å². The summed E-state index contributed by atoms with van der Waals surface area (Å²) in [6.07, 6.45) is 8.44. The number of nitrogens with one attached hydrogen (secondary N) is 4. The maximum Gasteiger partial charge on any atom is 0.335 e. The number of fused-ring (bicyclic) bond motifs is 2. The molecule has 4 atom stereocenters. The van der Waals surface area contributed by atoms with Gasteiger partial charge in [0.25, 0.3) is 0 Å². The van der Waals surface area contributed by atoms with Gasteiger partial charge in [0.2, 0.25) is 23.6 Å². The minimum absolute atomic E-state index is 0.0175. The number of carbonyl (C=O) groups is 6. The number of ether oxygens (including phenoxy) is 2. The number of carboxylic acids is 2. The van der Waals surface area contributed by atoms with Crippen molar-refractivity contribution >= 4 is 57.1 Å². The number of aromatic nitrogens is 6. The summed E-state index contributed by atoms with van der Waals surface area (Å²) in [4.78, 5) is 98.1. The quantitative estimate of drug-likeness (QED) is 0.0257. The molecule has 22 nitrogen and oxygen atoms in total. The van der Waals surface area contributed by atoms with Gasteiger partial charge in [-0.25, -0.2) is 29.5 Å². The number of nitrogens with zero attached hydrogens (tertiary/aromatic N) is 6. The smallest absolute Gasteiger partial charge is 0.335 e. The highest BCUT2D eigenvalue weighted by molar-refractivity contribution is 5.87. The van der Waals surface area contributed by atoms with Gasteiger partial charge in [0.15, 0.2) is 12.2 Å². The number of pyridine rings is 2. The van der Waals surface area contributed by atoms with Crippen LogP contribution in [0.3, 0.4) is 0 Å². The summed E-state index contributed by atoms with van der Waals surface area (Å²) in [5.74, 6) is -0.265. The van der Waals surface area contributed by atoms with E-state index in [0.29, 0.717) is 49.0 Å². The molecule has 6 aromatic rings. The van der Waals surface area contributed by atoms with Gasteiger partial charge in [-0.3, -0.25) is 19.2 Å². The lowest BCUT2D eigenvalue weighted by Crippen LogP contribution is -2.52. The van der Waals surface area contributed by atoms with Crippen LogP contribution < -0.4 is 20.1 Å². The summed E-state index contributed by atoms with van der Waals surface area (Å²) in [5, 5.41) is 41.0. The third-order valence-electron chi connectivity index (χ3n) is 14.2. The molecule has 2 aliphatic heterocycles. The summed E-state index contributed by atoms with van der Waals surface area (Å²) in [5.41, 5.74) is 4.98. The number of aliphatic carboxylic acids is 2. The van der Waals surface area contributed by atoms with E-state index in [1.54, 1.807) is 26.6 Å². The van der Waals surface area contributed by atoms with Crippen molar-refractivity contribution in [3.8, 4) is 34.3 Å². The average Bonchev–Trinajstić information content (AvgIpc) is 4.22. The topological polar surface area (TPSA) is 315 Å². The van der Waals surface area contributed by atoms with E-state index >= 15 is 0 Å². The van der Waals surface area contributed by atoms with Crippen molar-refractivity contribution in [2.24, 2.45) is 11.8 Å². The maximum atomic E-state index is 12.8. The first-order valence-corrected chi connectivity index (χ1v) is 27.2. The lowest BCUT2D eigenvalue weighted by Gasteiger charge is -2.35. The molecule has 0 radical (unpaired) electrons. The van der Waals surface area contributed by atoms with Crippen LogP contribution in [0.4, 0.5) is 0 Å². The molecule has 22 heteroatoms. The second kappa shape index (κ2) is 30.1. The number of methoxy groups -OCH3 is 2. The number of likely N-dealkylation sites (tertiary alicyclic amines) is 2. The SMILES string of the molecule is CCC(=O)CCCCC[C@H](NC(=O)C1CN(C)C1)c1ncc(-c2cc3ccccc3nc2OC)[nH]1.CCC(=O)CCCCC[C@H](NC(=O)C1CN(C)C1)c1ncc(-c2cc3ccccc3nc2OC)[nH]1.O=C(O)C(O)C(O)C(=O)O. The Hall–Kier alpha value is -7.66. The highest BCUT2D eigenvalue weighted by Gasteiger charge is 2.34. The van der Waals surface area contributed by atoms with Crippen molar-refractivity contribution in [3.63, 3.8) is 0 Å². The number of aliphatic hydroxyl groups is 2. The third kappa shape index (κ3) is 17.2. The summed E-state index contributed by atoms with van der Waals surface area (Å²) in [7, 11) is 7.25. The number of unbranched alkanes of at least 4 members (excludes halogenated alkanes) is 4. The van der Waals surface area contributed by atoms with E-state index in [4.69, 9.17) is 29.9 Å². The molecular formula is C58H76N10O12. The molecule has 6 heterocycles. The summed E-state index contributed by atoms with van der Waals surface area (Å²) < 4.78 is 11.1. The molecule has 0 bridgehead atoms. The van der Waals surface area contributed by atoms with E-state index < -0.39 is 24.1 Å². The monoisotopic (exact) mass is 1100 g/mol. The van der Waals surface area contributed by atoms with Gasteiger partial charge in [-0.15, -0.1) is 0 Å². The van der Waals surface area contributed by atoms with Gasteiger partial charge in [0.05, 0.1) is 84.1 Å². The Labute approximate surface area is 465 Å². The van der Waals surface area contributed by atoms with Gasteiger partial charge in [-0.2, -0.15) is 0 Å². The number of hydrogen-bond donors (Lipinski definition) is 8. The van der Waals surface area contributed by atoms with Crippen LogP contribution in [0.2, 0.25) is 0 Å². The van der Waals surface area contributed by atoms with Crippen molar-refractivity contribution in [1.82, 2.24) is 50.3 Å². The molecule has 2 aromatic carbocycles. The molecule has 80 heavy (non-hydrogen) atoms. The predicted octanol–water partition coefficient (Wildman–Crippen LogP) is 6.44. The van der Waals surface area contributed by atoms with Crippen molar-refractivity contribution in [3.05, 3.63) is 84.7 Å². The zero-order valence-corrected chi connectivity index (χ0v) is 46.4. The van der Waals surface area contributed by atoms with Gasteiger partial charge in [-0.1, -0.05) is 75.9 Å². The van der Waals surface area contributed by atoms with Crippen LogP contribution in [0, 0.1) is 11.8 Å². The number of hydrogen-bond acceptors (Lipinski definition) is 16. The molecule has 0 spiro atoms. The van der Waals surface area contributed by atoms with Gasteiger partial charge < -0.3 is 60.3 Å². The van der Waals surface area contributed by atoms with Crippen molar-refractivity contribution in [2.75, 3.05) is 54.5 Å². The zero-order valence-electron chi connectivity index (χ0n) is 46.4. The van der Waals surface area contributed by atoms with Gasteiger partial charge in [0.1, 0.15) is 23.2 Å². The lowest BCUT2D eigenvalue weighted by molar-refractivity contribution is -0.165. The number of amides is 2. The number of H-pyrrole nitrogens is 2. The zero-order chi connectivity index (χ0) is 57.9. The number of ketones is 2. The number of carboxylic acid groups (broad SMARTS) is 2. The molecule has 2 aliphatic rings. The van der Waals surface area contributed by atoms with Gasteiger partial charge in [-0.05, 0) is 64.0 Å². The first kappa shape index (κ1) is 61.6.